The lowest BCUT2D eigenvalue weighted by atomic mass is 10.0. The van der Waals surface area contributed by atoms with Crippen molar-refractivity contribution in [1.29, 1.82) is 0 Å². The highest BCUT2D eigenvalue weighted by molar-refractivity contribution is 7.45. The number of allylic oxidation sites excluding steroid dienone is 15. The number of aliphatic hydroxyl groups is 1. The van der Waals surface area contributed by atoms with Crippen molar-refractivity contribution >= 4 is 13.7 Å². The van der Waals surface area contributed by atoms with Crippen molar-refractivity contribution in [2.24, 2.45) is 0 Å². The molecule has 0 aromatic carbocycles. The first-order chi connectivity index (χ1) is 41.5. The topological polar surface area (TPSA) is 108 Å². The van der Waals surface area contributed by atoms with Gasteiger partial charge in [-0.1, -0.05) is 329 Å². The van der Waals surface area contributed by atoms with Gasteiger partial charge in [0.2, 0.25) is 5.91 Å². The molecule has 0 saturated heterocycles. The highest BCUT2D eigenvalue weighted by Gasteiger charge is 2.23. The first-order valence-corrected chi connectivity index (χ1v) is 37.6. The standard InChI is InChI=1S/C76H139N2O6P/c1-6-8-10-12-14-16-18-20-22-24-26-28-30-32-33-34-35-36-37-38-39-40-41-42-43-44-45-46-48-50-52-54-56-58-60-62-64-66-68-70-76(80)77-74(73-84-85(81,82)83-72-71-78(3,4)5)75(79)69-67-65-63-61-59-57-55-53-51-49-47-31-29-27-25-23-21-19-17-15-13-11-9-7-2/h8,10,14,16,20,22,26,28,32-33,51,53,59,61,67,69,74-75,79H,6-7,9,11-13,15,17-19,21,23-25,27,29-31,34-50,52,54-58,60,62-66,68,70-73H2,1-5H3,(H-,77,80,81,82)/b10-8-,16-14-,22-20-,28-26-,33-32-,53-51+,61-59+,69-67+. The largest absolute Gasteiger partial charge is 0.756 e. The summed E-state index contributed by atoms with van der Waals surface area (Å²) in [6, 6.07) is -0.914. The second-order valence-corrected chi connectivity index (χ2v) is 27.0. The van der Waals surface area contributed by atoms with Crippen LogP contribution in [-0.4, -0.2) is 68.5 Å². The number of hydrogen-bond acceptors (Lipinski definition) is 6. The summed E-state index contributed by atoms with van der Waals surface area (Å²) in [5.41, 5.74) is 0. The minimum Gasteiger partial charge on any atom is -0.756 e. The number of quaternary nitrogens is 1. The first kappa shape index (κ1) is 82.4. The van der Waals surface area contributed by atoms with Gasteiger partial charge < -0.3 is 28.8 Å². The summed E-state index contributed by atoms with van der Waals surface area (Å²) in [6.45, 7) is 4.54. The highest BCUT2D eigenvalue weighted by Crippen LogP contribution is 2.38. The van der Waals surface area contributed by atoms with Crippen molar-refractivity contribution in [2.75, 3.05) is 40.9 Å². The highest BCUT2D eigenvalue weighted by atomic mass is 31.2. The molecule has 0 aliphatic carbocycles. The van der Waals surface area contributed by atoms with E-state index in [0.29, 0.717) is 17.4 Å². The molecule has 0 bridgehead atoms. The van der Waals surface area contributed by atoms with E-state index in [4.69, 9.17) is 9.05 Å². The third-order valence-electron chi connectivity index (χ3n) is 16.0. The maximum absolute atomic E-state index is 13.0. The Bertz CT molecular complexity index is 1710. The minimum absolute atomic E-state index is 0.0102. The van der Waals surface area contributed by atoms with Crippen LogP contribution in [0.5, 0.6) is 0 Å². The van der Waals surface area contributed by atoms with Crippen molar-refractivity contribution in [3.05, 3.63) is 97.2 Å². The summed E-state index contributed by atoms with van der Waals surface area (Å²) in [7, 11) is 1.24. The number of carbonyl (C=O) groups excluding carboxylic acids is 1. The van der Waals surface area contributed by atoms with E-state index in [-0.39, 0.29) is 12.5 Å². The first-order valence-electron chi connectivity index (χ1n) is 36.1. The molecule has 0 aliphatic rings. The average Bonchev–Trinajstić information content (AvgIpc) is 3.49. The number of rotatable bonds is 66. The fourth-order valence-electron chi connectivity index (χ4n) is 10.5. The van der Waals surface area contributed by atoms with Crippen LogP contribution in [0.1, 0.15) is 328 Å². The van der Waals surface area contributed by atoms with E-state index in [1.54, 1.807) is 6.08 Å². The summed E-state index contributed by atoms with van der Waals surface area (Å²) >= 11 is 0. The van der Waals surface area contributed by atoms with Crippen molar-refractivity contribution < 1.29 is 32.9 Å². The van der Waals surface area contributed by atoms with E-state index in [2.05, 4.69) is 104 Å². The van der Waals surface area contributed by atoms with Crippen LogP contribution < -0.4 is 10.2 Å². The maximum Gasteiger partial charge on any atom is 0.268 e. The lowest BCUT2D eigenvalue weighted by Gasteiger charge is -2.29. The Hall–Kier alpha value is -2.58. The smallest absolute Gasteiger partial charge is 0.268 e. The lowest BCUT2D eigenvalue weighted by Crippen LogP contribution is -2.45. The third-order valence-corrected chi connectivity index (χ3v) is 17.0. The zero-order valence-electron chi connectivity index (χ0n) is 56.5. The fourth-order valence-corrected chi connectivity index (χ4v) is 11.2. The molecule has 0 aliphatic heterocycles. The maximum atomic E-state index is 13.0. The Morgan fingerprint density at radius 2 is 0.729 bits per heavy atom. The molecule has 0 aromatic rings. The minimum atomic E-state index is -4.62. The number of amides is 1. The molecule has 0 saturated carbocycles. The van der Waals surface area contributed by atoms with Gasteiger partial charge in [0.15, 0.2) is 0 Å². The van der Waals surface area contributed by atoms with Crippen molar-refractivity contribution in [3.63, 3.8) is 0 Å². The molecule has 0 radical (unpaired) electrons. The Kier molecular flexibility index (Phi) is 63.9. The molecule has 8 nitrogen and oxygen atoms in total. The number of nitrogens with one attached hydrogen (secondary N) is 1. The molecule has 0 spiro atoms. The lowest BCUT2D eigenvalue weighted by molar-refractivity contribution is -0.870. The summed E-state index contributed by atoms with van der Waals surface area (Å²) < 4.78 is 23.4. The van der Waals surface area contributed by atoms with Gasteiger partial charge in [-0.2, -0.15) is 0 Å². The number of hydrogen-bond donors (Lipinski definition) is 2. The average molecular weight is 1210 g/mol. The molecule has 0 aromatic heterocycles. The predicted molar refractivity (Wildman–Crippen MR) is 371 cm³/mol. The molecule has 0 rings (SSSR count). The van der Waals surface area contributed by atoms with Crippen LogP contribution in [0, 0.1) is 0 Å². The van der Waals surface area contributed by atoms with Crippen LogP contribution >= 0.6 is 7.82 Å². The van der Waals surface area contributed by atoms with E-state index in [1.165, 1.54) is 231 Å². The molecular weight excluding hydrogens is 1070 g/mol. The fraction of sp³-hybridized carbons (Fsp3) is 0.776. The zero-order chi connectivity index (χ0) is 61.9. The molecule has 494 valence electrons. The monoisotopic (exact) mass is 1210 g/mol. The molecule has 3 atom stereocenters. The molecule has 3 unspecified atom stereocenters. The molecule has 1 amide bonds. The third kappa shape index (κ3) is 68.8. The van der Waals surface area contributed by atoms with Crippen LogP contribution in [0.15, 0.2) is 97.2 Å². The normalized spacial score (nSPS) is 14.2. The number of phosphoric acid groups is 1. The van der Waals surface area contributed by atoms with Gasteiger partial charge in [-0.05, 0) is 89.9 Å². The number of likely N-dealkylation sites (N-methyl/N-ethyl adjacent to an activating group) is 1. The second-order valence-electron chi connectivity index (χ2n) is 25.5. The van der Waals surface area contributed by atoms with Crippen LogP contribution in [0.3, 0.4) is 0 Å². The number of phosphoric ester groups is 1. The van der Waals surface area contributed by atoms with Gasteiger partial charge in [-0.25, -0.2) is 0 Å². The molecule has 2 N–H and O–H groups in total. The molecule has 0 fully saturated rings. The number of carbonyl (C=O) groups is 1. The summed E-state index contributed by atoms with van der Waals surface area (Å²) in [6.07, 6.45) is 95.5. The number of unbranched alkanes of at least 4 members (excludes halogenated alkanes) is 39. The Morgan fingerprint density at radius 3 is 1.09 bits per heavy atom. The van der Waals surface area contributed by atoms with Crippen molar-refractivity contribution in [3.8, 4) is 0 Å². The zero-order valence-corrected chi connectivity index (χ0v) is 57.4. The van der Waals surface area contributed by atoms with Crippen molar-refractivity contribution in [1.82, 2.24) is 5.32 Å². The summed E-state index contributed by atoms with van der Waals surface area (Å²) in [4.78, 5) is 25.6. The van der Waals surface area contributed by atoms with E-state index in [0.717, 1.165) is 77.0 Å². The van der Waals surface area contributed by atoms with Crippen molar-refractivity contribution in [2.45, 2.75) is 341 Å². The Morgan fingerprint density at radius 1 is 0.424 bits per heavy atom. The molecule has 85 heavy (non-hydrogen) atoms. The van der Waals surface area contributed by atoms with Gasteiger partial charge in [0.05, 0.1) is 39.9 Å². The Labute approximate surface area is 528 Å². The van der Waals surface area contributed by atoms with Crippen LogP contribution in [0.2, 0.25) is 0 Å². The van der Waals surface area contributed by atoms with Crippen LogP contribution in [-0.2, 0) is 18.4 Å². The van der Waals surface area contributed by atoms with E-state index < -0.39 is 26.6 Å². The Balaban J connectivity index is 4.03. The summed E-state index contributed by atoms with van der Waals surface area (Å²) in [5, 5.41) is 13.9. The molecule has 9 heteroatoms. The summed E-state index contributed by atoms with van der Waals surface area (Å²) in [5.74, 6) is -0.208. The van der Waals surface area contributed by atoms with Crippen LogP contribution in [0.4, 0.5) is 0 Å². The van der Waals surface area contributed by atoms with Crippen LogP contribution in [0.25, 0.3) is 0 Å². The van der Waals surface area contributed by atoms with E-state index in [9.17, 15) is 19.4 Å². The quantitative estimate of drug-likeness (QED) is 0.0272. The van der Waals surface area contributed by atoms with Gasteiger partial charge in [-0.3, -0.25) is 9.36 Å². The van der Waals surface area contributed by atoms with Gasteiger partial charge in [0.1, 0.15) is 13.2 Å². The van der Waals surface area contributed by atoms with Gasteiger partial charge in [0.25, 0.3) is 7.82 Å². The van der Waals surface area contributed by atoms with Gasteiger partial charge >= 0.3 is 0 Å². The van der Waals surface area contributed by atoms with E-state index in [1.807, 2.05) is 27.2 Å². The van der Waals surface area contributed by atoms with E-state index >= 15 is 0 Å². The number of nitrogens with zero attached hydrogens (tertiary/aromatic N) is 1. The predicted octanol–water partition coefficient (Wildman–Crippen LogP) is 22.6. The SMILES string of the molecule is CC/C=C\C/C=C\C/C=C\C/C=C\C/C=C\CCCCCCCCCCCCCCCCCCCCCCCCCC(=O)NC(COP(=O)([O-])OCC[N+](C)(C)C)C(O)/C=C/CC/C=C/CC/C=C/CCCCCCCCCCCCCCCC. The number of aliphatic hydroxyl groups excluding tert-OH is 1. The van der Waals surface area contributed by atoms with Gasteiger partial charge in [-0.15, -0.1) is 0 Å². The molecular formula is C76H139N2O6P. The second kappa shape index (κ2) is 65.9. The van der Waals surface area contributed by atoms with Gasteiger partial charge in [0, 0.05) is 6.42 Å². The molecule has 0 heterocycles.